The van der Waals surface area contributed by atoms with Gasteiger partial charge in [-0.2, -0.15) is 0 Å². The molecule has 8 heteroatoms. The molecule has 0 saturated carbocycles. The molecular formula is C15H23N3O4S. The predicted octanol–water partition coefficient (Wildman–Crippen LogP) is 1.90. The Kier molecular flexibility index (Phi) is 6.68. The van der Waals surface area contributed by atoms with E-state index < -0.39 is 11.4 Å². The smallest absolute Gasteiger partial charge is 0.309 e. The number of carbonyl (C=O) groups excluding carboxylic acids is 2. The van der Waals surface area contributed by atoms with Crippen LogP contribution in [0.5, 0.6) is 0 Å². The SMILES string of the molecule is CC(C)C(=O)Nc1nc(CC(=O)NCCC(C)(C)C(=O)O)cs1. The lowest BCUT2D eigenvalue weighted by Crippen LogP contribution is -2.32. The van der Waals surface area contributed by atoms with Crippen LogP contribution >= 0.6 is 11.3 Å². The molecular weight excluding hydrogens is 318 g/mol. The molecule has 1 aromatic rings. The van der Waals surface area contributed by atoms with Crippen LogP contribution in [0, 0.1) is 11.3 Å². The lowest BCUT2D eigenvalue weighted by Gasteiger charge is -2.18. The van der Waals surface area contributed by atoms with Crippen molar-refractivity contribution in [2.45, 2.75) is 40.5 Å². The summed E-state index contributed by atoms with van der Waals surface area (Å²) in [5, 5.41) is 16.6. The number of rotatable bonds is 8. The van der Waals surface area contributed by atoms with Crippen molar-refractivity contribution in [1.29, 1.82) is 0 Å². The van der Waals surface area contributed by atoms with Crippen molar-refractivity contribution >= 4 is 34.3 Å². The first-order valence-corrected chi connectivity index (χ1v) is 8.25. The second-order valence-electron chi connectivity index (χ2n) is 6.25. The lowest BCUT2D eigenvalue weighted by molar-refractivity contribution is -0.147. The zero-order valence-corrected chi connectivity index (χ0v) is 14.6. The predicted molar refractivity (Wildman–Crippen MR) is 88.3 cm³/mol. The van der Waals surface area contributed by atoms with Gasteiger partial charge in [0.15, 0.2) is 5.13 Å². The van der Waals surface area contributed by atoms with Gasteiger partial charge >= 0.3 is 5.97 Å². The van der Waals surface area contributed by atoms with E-state index in [-0.39, 0.29) is 24.2 Å². The van der Waals surface area contributed by atoms with Crippen molar-refractivity contribution in [3.8, 4) is 0 Å². The fourth-order valence-electron chi connectivity index (χ4n) is 1.54. The molecule has 0 radical (unpaired) electrons. The molecule has 0 aromatic carbocycles. The van der Waals surface area contributed by atoms with Crippen LogP contribution in [-0.4, -0.2) is 34.4 Å². The van der Waals surface area contributed by atoms with Crippen molar-refractivity contribution in [2.75, 3.05) is 11.9 Å². The van der Waals surface area contributed by atoms with Crippen molar-refractivity contribution in [3.05, 3.63) is 11.1 Å². The van der Waals surface area contributed by atoms with Gasteiger partial charge in [-0.05, 0) is 20.3 Å². The van der Waals surface area contributed by atoms with E-state index in [1.807, 2.05) is 0 Å². The Balaban J connectivity index is 2.42. The number of nitrogens with one attached hydrogen (secondary N) is 2. The Bertz CT molecular complexity index is 581. The fourth-order valence-corrected chi connectivity index (χ4v) is 2.26. The van der Waals surface area contributed by atoms with Crippen molar-refractivity contribution in [3.63, 3.8) is 0 Å². The number of carboxylic acid groups (broad SMARTS) is 1. The Morgan fingerprint density at radius 1 is 1.35 bits per heavy atom. The monoisotopic (exact) mass is 341 g/mol. The highest BCUT2D eigenvalue weighted by atomic mass is 32.1. The first kappa shape index (κ1) is 19.1. The quantitative estimate of drug-likeness (QED) is 0.669. The Morgan fingerprint density at radius 2 is 2.00 bits per heavy atom. The number of nitrogens with zero attached hydrogens (tertiary/aromatic N) is 1. The van der Waals surface area contributed by atoms with Crippen LogP contribution in [0.2, 0.25) is 0 Å². The Labute approximate surface area is 139 Å². The first-order chi connectivity index (χ1) is 10.6. The molecule has 0 fully saturated rings. The van der Waals surface area contributed by atoms with Gasteiger partial charge in [0.05, 0.1) is 17.5 Å². The van der Waals surface area contributed by atoms with Crippen LogP contribution < -0.4 is 10.6 Å². The molecule has 0 unspecified atom stereocenters. The van der Waals surface area contributed by atoms with Crippen LogP contribution in [0.25, 0.3) is 0 Å². The minimum Gasteiger partial charge on any atom is -0.481 e. The summed E-state index contributed by atoms with van der Waals surface area (Å²) in [6.45, 7) is 7.10. The summed E-state index contributed by atoms with van der Waals surface area (Å²) in [7, 11) is 0. The molecule has 23 heavy (non-hydrogen) atoms. The van der Waals surface area contributed by atoms with Gasteiger partial charge in [-0.25, -0.2) is 4.98 Å². The molecule has 0 aliphatic rings. The van der Waals surface area contributed by atoms with Gasteiger partial charge in [-0.3, -0.25) is 14.4 Å². The van der Waals surface area contributed by atoms with Gasteiger partial charge in [-0.1, -0.05) is 13.8 Å². The molecule has 1 rings (SSSR count). The van der Waals surface area contributed by atoms with Crippen LogP contribution in [0.1, 0.15) is 39.8 Å². The average Bonchev–Trinajstić information content (AvgIpc) is 2.85. The summed E-state index contributed by atoms with van der Waals surface area (Å²) in [5.41, 5.74) is -0.300. The molecule has 2 amide bonds. The Hall–Kier alpha value is -1.96. The average molecular weight is 341 g/mol. The topological polar surface area (TPSA) is 108 Å². The van der Waals surface area contributed by atoms with E-state index >= 15 is 0 Å². The third-order valence-corrected chi connectivity index (χ3v) is 4.11. The van der Waals surface area contributed by atoms with Crippen molar-refractivity contribution < 1.29 is 19.5 Å². The second-order valence-corrected chi connectivity index (χ2v) is 7.11. The van der Waals surface area contributed by atoms with Crippen LogP contribution in [0.15, 0.2) is 5.38 Å². The molecule has 0 atom stereocenters. The summed E-state index contributed by atoms with van der Waals surface area (Å²) in [4.78, 5) is 38.5. The molecule has 0 bridgehead atoms. The third kappa shape index (κ3) is 6.35. The molecule has 0 aliphatic heterocycles. The van der Waals surface area contributed by atoms with Gasteiger partial charge in [0.25, 0.3) is 0 Å². The van der Waals surface area contributed by atoms with Crippen LogP contribution in [-0.2, 0) is 20.8 Å². The van der Waals surface area contributed by atoms with Crippen LogP contribution in [0.4, 0.5) is 5.13 Å². The number of hydrogen-bond acceptors (Lipinski definition) is 5. The van der Waals surface area contributed by atoms with Gasteiger partial charge in [0.1, 0.15) is 0 Å². The number of hydrogen-bond donors (Lipinski definition) is 3. The number of aliphatic carboxylic acids is 1. The van der Waals surface area contributed by atoms with E-state index in [9.17, 15) is 14.4 Å². The third-order valence-electron chi connectivity index (χ3n) is 3.30. The number of aromatic nitrogens is 1. The summed E-state index contributed by atoms with van der Waals surface area (Å²) >= 11 is 1.27. The van der Waals surface area contributed by atoms with Gasteiger partial charge in [0, 0.05) is 17.8 Å². The molecule has 1 heterocycles. The molecule has 7 nitrogen and oxygen atoms in total. The number of anilines is 1. The van der Waals surface area contributed by atoms with Crippen molar-refractivity contribution in [2.24, 2.45) is 11.3 Å². The normalized spacial score (nSPS) is 11.3. The maximum atomic E-state index is 11.8. The molecule has 128 valence electrons. The van der Waals surface area contributed by atoms with E-state index in [1.54, 1.807) is 33.1 Å². The number of carbonyl (C=O) groups is 3. The molecule has 0 aliphatic carbocycles. The standard InChI is InChI=1S/C15H23N3O4S/c1-9(2)12(20)18-14-17-10(8-23-14)7-11(19)16-6-5-15(3,4)13(21)22/h8-9H,5-7H2,1-4H3,(H,16,19)(H,21,22)(H,17,18,20). The Morgan fingerprint density at radius 3 is 2.57 bits per heavy atom. The van der Waals surface area contributed by atoms with E-state index in [2.05, 4.69) is 15.6 Å². The zero-order valence-electron chi connectivity index (χ0n) is 13.8. The van der Waals surface area contributed by atoms with Gasteiger partial charge in [-0.15, -0.1) is 11.3 Å². The summed E-state index contributed by atoms with van der Waals surface area (Å²) < 4.78 is 0. The second kappa shape index (κ2) is 8.05. The highest BCUT2D eigenvalue weighted by Gasteiger charge is 2.26. The highest BCUT2D eigenvalue weighted by molar-refractivity contribution is 7.13. The molecule has 0 spiro atoms. The number of thiazole rings is 1. The number of amides is 2. The summed E-state index contributed by atoms with van der Waals surface area (Å²) in [6.07, 6.45) is 0.447. The first-order valence-electron chi connectivity index (χ1n) is 7.37. The summed E-state index contributed by atoms with van der Waals surface area (Å²) in [5.74, 6) is -1.37. The molecule has 3 N–H and O–H groups in total. The minimum atomic E-state index is -0.892. The number of carboxylic acids is 1. The lowest BCUT2D eigenvalue weighted by atomic mass is 9.90. The van der Waals surface area contributed by atoms with E-state index in [1.165, 1.54) is 11.3 Å². The zero-order chi connectivity index (χ0) is 17.6. The van der Waals surface area contributed by atoms with E-state index in [0.717, 1.165) is 0 Å². The van der Waals surface area contributed by atoms with E-state index in [4.69, 9.17) is 5.11 Å². The highest BCUT2D eigenvalue weighted by Crippen LogP contribution is 2.19. The maximum absolute atomic E-state index is 11.8. The van der Waals surface area contributed by atoms with Crippen molar-refractivity contribution in [1.82, 2.24) is 10.3 Å². The van der Waals surface area contributed by atoms with Crippen LogP contribution in [0.3, 0.4) is 0 Å². The fraction of sp³-hybridized carbons (Fsp3) is 0.600. The molecule has 0 saturated heterocycles. The minimum absolute atomic E-state index is 0.0988. The van der Waals surface area contributed by atoms with Gasteiger partial charge < -0.3 is 15.7 Å². The van der Waals surface area contributed by atoms with Gasteiger partial charge in [0.2, 0.25) is 11.8 Å². The largest absolute Gasteiger partial charge is 0.481 e. The summed E-state index contributed by atoms with van der Waals surface area (Å²) in [6, 6.07) is 0. The maximum Gasteiger partial charge on any atom is 0.309 e. The molecule has 1 aromatic heterocycles. The van der Waals surface area contributed by atoms with E-state index in [0.29, 0.717) is 23.8 Å².